The predicted octanol–water partition coefficient (Wildman–Crippen LogP) is -0.570. The molecule has 0 aliphatic rings. The summed E-state index contributed by atoms with van der Waals surface area (Å²) in [5, 5.41) is 0. The molecule has 14 heavy (non-hydrogen) atoms. The van der Waals surface area contributed by atoms with E-state index in [0.717, 1.165) is 0 Å². The Morgan fingerprint density at radius 2 is 0.357 bits per heavy atom. The summed E-state index contributed by atoms with van der Waals surface area (Å²) in [5.41, 5.74) is 0. The molecule has 0 bridgehead atoms. The molecular weight excluding hydrogens is 615 g/mol. The third kappa shape index (κ3) is 143. The largest absolute Gasteiger partial charge is 3.00 e. The van der Waals surface area contributed by atoms with Crippen LogP contribution in [0.25, 0.3) is 0 Å². The average molecular weight is 617 g/mol. The van der Waals surface area contributed by atoms with E-state index in [0.29, 0.717) is 0 Å². The molecule has 0 nitrogen and oxygen atoms in total. The maximum Gasteiger partial charge on any atom is 3.00 e. The quantitative estimate of drug-likeness (QED) is 0.203. The summed E-state index contributed by atoms with van der Waals surface area (Å²) in [4.78, 5) is 0. The Kier molecular flexibility index (Phi) is 2380. The molecule has 0 spiro atoms. The summed E-state index contributed by atoms with van der Waals surface area (Å²) in [5.74, 6) is 0. The summed E-state index contributed by atoms with van der Waals surface area (Å²) in [7, 11) is 0. The van der Waals surface area contributed by atoms with Gasteiger partial charge < -0.3 is 94.5 Å². The van der Waals surface area contributed by atoms with Crippen molar-refractivity contribution in [2.24, 2.45) is 0 Å². The molecule has 0 rings (SSSR count). The molecule has 0 fully saturated rings. The first-order valence-corrected chi connectivity index (χ1v) is 0. The van der Waals surface area contributed by atoms with Crippen LogP contribution in [0, 0.1) is 0 Å². The second-order valence-electron chi connectivity index (χ2n) is 0. The van der Waals surface area contributed by atoms with E-state index in [-0.39, 0.29) is 214 Å². The predicted molar refractivity (Wildman–Crippen MR) is 54.3 cm³/mol. The van der Waals surface area contributed by atoms with Gasteiger partial charge in [-0.1, -0.05) is 0 Å². The molecule has 0 heterocycles. The van der Waals surface area contributed by atoms with Crippen LogP contribution in [0.1, 0.15) is 0 Å². The van der Waals surface area contributed by atoms with Gasteiger partial charge in [-0.15, -0.1) is 0 Å². The molecule has 0 amide bonds. The number of hydrogen-bond donors (Lipinski definition) is 0. The van der Waals surface area contributed by atoms with Crippen molar-refractivity contribution < 1.29 is 119 Å². The zero-order valence-corrected chi connectivity index (χ0v) is 19.0. The minimum Gasteiger partial charge on any atom is -1.00 e. The molecule has 0 unspecified atom stereocenters. The Morgan fingerprint density at radius 3 is 0.357 bits per heavy atom. The Balaban J connectivity index is 0. The maximum atomic E-state index is 0. The molecular formula is H2Fe7S7-2. The van der Waals surface area contributed by atoms with E-state index in [2.05, 4.69) is 0 Å². The molecule has 102 valence electrons. The monoisotopic (exact) mass is 617 g/mol. The van der Waals surface area contributed by atoms with Gasteiger partial charge in [0.15, 0.2) is 0 Å². The Bertz CT molecular complexity index is 14.0. The van der Waals surface area contributed by atoms with E-state index in [9.17, 15) is 0 Å². The topological polar surface area (TPSA) is 0 Å². The summed E-state index contributed by atoms with van der Waals surface area (Å²) < 4.78 is 0. The van der Waals surface area contributed by atoms with Crippen molar-refractivity contribution >= 4 is 94.5 Å². The van der Waals surface area contributed by atoms with Gasteiger partial charge in [0.25, 0.3) is 0 Å². The number of hydrogen-bond acceptors (Lipinski definition) is 7. The molecule has 0 atom stereocenters. The first-order chi connectivity index (χ1) is 0. The molecule has 0 aliphatic heterocycles. The zero-order valence-electron chi connectivity index (χ0n) is 5.41. The molecule has 0 aromatic carbocycles. The minimum absolute atomic E-state index is 0. The van der Waals surface area contributed by atoms with Gasteiger partial charge in [-0.25, -0.2) is 0 Å². The second-order valence-corrected chi connectivity index (χ2v) is 0. The van der Waals surface area contributed by atoms with Gasteiger partial charge in [0.05, 0.1) is 0 Å². The SMILES string of the molecule is [Fe+2].[Fe+3].[Fe].[Fe].[Fe].[Fe].[Fe].[S-].[S-].[S-].[S-].[S-].[SH-].[SH-]. The van der Waals surface area contributed by atoms with Crippen molar-refractivity contribution in [3.8, 4) is 0 Å². The molecule has 0 aromatic heterocycles. The van der Waals surface area contributed by atoms with E-state index in [1.165, 1.54) is 0 Å². The van der Waals surface area contributed by atoms with Crippen molar-refractivity contribution in [1.29, 1.82) is 0 Å². The summed E-state index contributed by atoms with van der Waals surface area (Å²) >= 11 is 0. The van der Waals surface area contributed by atoms with Gasteiger partial charge in [-0.3, -0.25) is 0 Å². The Morgan fingerprint density at radius 1 is 0.357 bits per heavy atom. The van der Waals surface area contributed by atoms with E-state index in [1.807, 2.05) is 0 Å². The van der Waals surface area contributed by atoms with Crippen LogP contribution in [-0.2, 0) is 214 Å². The van der Waals surface area contributed by atoms with Crippen LogP contribution in [0.15, 0.2) is 0 Å². The van der Waals surface area contributed by atoms with Crippen LogP contribution < -0.4 is 0 Å². The average Bonchev–Trinajstić information content (AvgIpc) is 0. The smallest absolute Gasteiger partial charge is 1.00 e. The molecule has 0 aliphatic carbocycles. The summed E-state index contributed by atoms with van der Waals surface area (Å²) in [6.07, 6.45) is 0. The summed E-state index contributed by atoms with van der Waals surface area (Å²) in [6.45, 7) is 0. The second kappa shape index (κ2) is 169. The van der Waals surface area contributed by atoms with E-state index < -0.39 is 0 Å². The van der Waals surface area contributed by atoms with Gasteiger partial charge in [0.2, 0.25) is 0 Å². The first-order valence-electron chi connectivity index (χ1n) is 0. The third-order valence-electron chi connectivity index (χ3n) is 0. The fourth-order valence-corrected chi connectivity index (χ4v) is 0. The first kappa shape index (κ1) is 198. The molecule has 0 aromatic rings. The standard InChI is InChI=1S/7Fe.2H2S.5S/h;;;;;;;2*1H2;;;;;/q;;;;;+2;+3;;;5*-1/p-2. The van der Waals surface area contributed by atoms with Gasteiger partial charge in [0.1, 0.15) is 0 Å². The van der Waals surface area contributed by atoms with Crippen LogP contribution in [0.4, 0.5) is 0 Å². The fourth-order valence-electron chi connectivity index (χ4n) is 0. The summed E-state index contributed by atoms with van der Waals surface area (Å²) in [6, 6.07) is 0. The molecule has 6 radical (unpaired) electrons. The molecule has 0 saturated heterocycles. The van der Waals surface area contributed by atoms with Gasteiger partial charge in [0, 0.05) is 85.3 Å². The van der Waals surface area contributed by atoms with Crippen LogP contribution in [0.2, 0.25) is 0 Å². The van der Waals surface area contributed by atoms with Crippen molar-refractivity contribution in [3.63, 3.8) is 0 Å². The van der Waals surface area contributed by atoms with Crippen molar-refractivity contribution in [3.05, 3.63) is 0 Å². The van der Waals surface area contributed by atoms with Crippen LogP contribution in [-0.4, -0.2) is 0 Å². The van der Waals surface area contributed by atoms with Crippen molar-refractivity contribution in [1.82, 2.24) is 0 Å². The van der Waals surface area contributed by atoms with Crippen LogP contribution in [0.3, 0.4) is 0 Å². The molecule has 0 saturated carbocycles. The molecule has 0 N–H and O–H groups in total. The van der Waals surface area contributed by atoms with Crippen molar-refractivity contribution in [2.45, 2.75) is 0 Å². The van der Waals surface area contributed by atoms with Crippen molar-refractivity contribution in [2.75, 3.05) is 0 Å². The fraction of sp³-hybridized carbons (Fsp3) is 0. The van der Waals surface area contributed by atoms with E-state index in [4.69, 9.17) is 0 Å². The zero-order chi connectivity index (χ0) is 0. The number of thiol groups is 2. The Hall–Kier alpha value is 6.09. The number of rotatable bonds is 0. The van der Waals surface area contributed by atoms with Crippen LogP contribution in [0.5, 0.6) is 0 Å². The van der Waals surface area contributed by atoms with Gasteiger partial charge in [-0.05, 0) is 0 Å². The minimum atomic E-state index is 0. The van der Waals surface area contributed by atoms with E-state index in [1.54, 1.807) is 0 Å². The van der Waals surface area contributed by atoms with E-state index >= 15 is 0 Å². The third-order valence-corrected chi connectivity index (χ3v) is 0. The maximum absolute atomic E-state index is 0. The van der Waals surface area contributed by atoms with Crippen LogP contribution >= 0.6 is 0 Å². The van der Waals surface area contributed by atoms with Gasteiger partial charge >= 0.3 is 34.1 Å². The normalized spacial score (nSPS) is 0. The Labute approximate surface area is 210 Å². The van der Waals surface area contributed by atoms with Gasteiger partial charge in [-0.2, -0.15) is 0 Å². The molecule has 14 heteroatoms.